The normalized spacial score (nSPS) is 11.0. The Hall–Kier alpha value is -1.38. The molecule has 8 heteroatoms. The lowest BCUT2D eigenvalue weighted by atomic mass is 10.5. The van der Waals surface area contributed by atoms with Crippen molar-refractivity contribution in [2.75, 3.05) is 5.73 Å². The van der Waals surface area contributed by atoms with Gasteiger partial charge in [0, 0.05) is 0 Å². The molecule has 0 saturated heterocycles. The Morgan fingerprint density at radius 2 is 2.32 bits per heavy atom. The van der Waals surface area contributed by atoms with Gasteiger partial charge in [-0.2, -0.15) is 4.98 Å². The molecule has 0 saturated carbocycles. The van der Waals surface area contributed by atoms with E-state index in [0.29, 0.717) is 22.6 Å². The van der Waals surface area contributed by atoms with Crippen LogP contribution in [0.5, 0.6) is 0 Å². The Labute approximate surface area is 121 Å². The summed E-state index contributed by atoms with van der Waals surface area (Å²) in [7, 11) is 0. The van der Waals surface area contributed by atoms with Crippen LogP contribution in [0.4, 0.5) is 5.13 Å². The van der Waals surface area contributed by atoms with Crippen LogP contribution in [0.2, 0.25) is 0 Å². The summed E-state index contributed by atoms with van der Waals surface area (Å²) in [5, 5.41) is 6.55. The summed E-state index contributed by atoms with van der Waals surface area (Å²) < 4.78 is 6.33. The van der Waals surface area contributed by atoms with Crippen LogP contribution in [-0.4, -0.2) is 15.1 Å². The van der Waals surface area contributed by atoms with Crippen molar-refractivity contribution in [2.45, 2.75) is 16.9 Å². The van der Waals surface area contributed by atoms with E-state index in [9.17, 15) is 0 Å². The molecule has 3 rings (SSSR count). The maximum atomic E-state index is 5.66. The molecule has 0 atom stereocenters. The van der Waals surface area contributed by atoms with Gasteiger partial charge in [0.25, 0.3) is 5.89 Å². The van der Waals surface area contributed by atoms with Gasteiger partial charge in [-0.25, -0.2) is 4.98 Å². The first-order valence-corrected chi connectivity index (χ1v) is 8.12. The van der Waals surface area contributed by atoms with Crippen LogP contribution in [0, 0.1) is 6.92 Å². The van der Waals surface area contributed by atoms with E-state index in [-0.39, 0.29) is 0 Å². The highest BCUT2D eigenvalue weighted by Gasteiger charge is 2.12. The van der Waals surface area contributed by atoms with Gasteiger partial charge in [0.1, 0.15) is 0 Å². The van der Waals surface area contributed by atoms with Gasteiger partial charge in [-0.3, -0.25) is 0 Å². The number of rotatable bonds is 4. The zero-order valence-corrected chi connectivity index (χ0v) is 12.4. The number of thiazole rings is 1. The lowest BCUT2D eigenvalue weighted by molar-refractivity contribution is 0.426. The van der Waals surface area contributed by atoms with Gasteiger partial charge < -0.3 is 10.3 Å². The molecule has 98 valence electrons. The number of aromatic nitrogens is 3. The molecule has 3 aromatic rings. The Morgan fingerprint density at radius 1 is 1.42 bits per heavy atom. The van der Waals surface area contributed by atoms with Gasteiger partial charge in [-0.1, -0.05) is 22.6 Å². The molecule has 3 aromatic heterocycles. The molecule has 0 aliphatic heterocycles. The maximum Gasteiger partial charge on any atom is 0.268 e. The number of thiophene rings is 1. The highest BCUT2D eigenvalue weighted by Crippen LogP contribution is 2.32. The molecule has 5 nitrogen and oxygen atoms in total. The van der Waals surface area contributed by atoms with Crippen LogP contribution in [0.3, 0.4) is 0 Å². The van der Waals surface area contributed by atoms with Crippen molar-refractivity contribution in [3.8, 4) is 10.8 Å². The predicted octanol–water partition coefficient (Wildman–Crippen LogP) is 3.44. The third kappa shape index (κ3) is 2.80. The number of thioether (sulfide) groups is 1. The molecule has 0 unspecified atom stereocenters. The number of nitrogens with zero attached hydrogens (tertiary/aromatic N) is 3. The lowest BCUT2D eigenvalue weighted by Gasteiger charge is -1.93. The van der Waals surface area contributed by atoms with Crippen LogP contribution in [0.1, 0.15) is 11.5 Å². The molecule has 0 radical (unpaired) electrons. The zero-order valence-electron chi connectivity index (χ0n) is 9.99. The molecule has 3 heterocycles. The molecule has 0 spiro atoms. The van der Waals surface area contributed by atoms with Crippen molar-refractivity contribution in [2.24, 2.45) is 0 Å². The molecule has 0 amide bonds. The molecular formula is C11H10N4OS3. The summed E-state index contributed by atoms with van der Waals surface area (Å²) in [6.45, 7) is 1.95. The van der Waals surface area contributed by atoms with E-state index in [2.05, 4.69) is 15.1 Å². The second-order valence-corrected chi connectivity index (χ2v) is 6.93. The Morgan fingerprint density at radius 3 is 3.00 bits per heavy atom. The quantitative estimate of drug-likeness (QED) is 0.744. The van der Waals surface area contributed by atoms with E-state index in [1.54, 1.807) is 23.1 Å². The average molecular weight is 310 g/mol. The van der Waals surface area contributed by atoms with Gasteiger partial charge in [0.15, 0.2) is 11.0 Å². The van der Waals surface area contributed by atoms with Crippen molar-refractivity contribution < 1.29 is 4.52 Å². The molecule has 0 aromatic carbocycles. The topological polar surface area (TPSA) is 77.8 Å². The fraction of sp³-hybridized carbons (Fsp3) is 0.182. The van der Waals surface area contributed by atoms with E-state index in [0.717, 1.165) is 14.8 Å². The van der Waals surface area contributed by atoms with E-state index >= 15 is 0 Å². The first-order valence-electron chi connectivity index (χ1n) is 5.44. The van der Waals surface area contributed by atoms with E-state index in [4.69, 9.17) is 10.3 Å². The first-order chi connectivity index (χ1) is 9.22. The van der Waals surface area contributed by atoms with Gasteiger partial charge in [-0.15, -0.1) is 23.1 Å². The summed E-state index contributed by atoms with van der Waals surface area (Å²) in [6.07, 6.45) is 0. The van der Waals surface area contributed by atoms with Crippen LogP contribution in [0.25, 0.3) is 10.8 Å². The van der Waals surface area contributed by atoms with Gasteiger partial charge in [0.2, 0.25) is 0 Å². The summed E-state index contributed by atoms with van der Waals surface area (Å²) in [5.41, 5.74) is 6.62. The molecule has 0 fully saturated rings. The number of nitrogen functional groups attached to an aromatic ring is 1. The van der Waals surface area contributed by atoms with E-state index in [1.807, 2.05) is 24.4 Å². The van der Waals surface area contributed by atoms with Crippen molar-refractivity contribution in [3.05, 3.63) is 29.0 Å². The van der Waals surface area contributed by atoms with Gasteiger partial charge in [-0.05, 0) is 18.4 Å². The second kappa shape index (κ2) is 5.32. The fourth-order valence-electron chi connectivity index (χ4n) is 1.48. The van der Waals surface area contributed by atoms with Crippen LogP contribution in [0.15, 0.2) is 26.2 Å². The van der Waals surface area contributed by atoms with Crippen molar-refractivity contribution in [1.82, 2.24) is 15.1 Å². The van der Waals surface area contributed by atoms with Gasteiger partial charge >= 0.3 is 0 Å². The summed E-state index contributed by atoms with van der Waals surface area (Å²) in [4.78, 5) is 9.54. The highest BCUT2D eigenvalue weighted by atomic mass is 32.2. The van der Waals surface area contributed by atoms with Crippen molar-refractivity contribution >= 4 is 39.6 Å². The SMILES string of the molecule is Cc1nc(N)sc1SCc1noc(-c2cccs2)n1. The molecule has 0 aliphatic rings. The molecule has 0 aliphatic carbocycles. The van der Waals surface area contributed by atoms with E-state index < -0.39 is 0 Å². The Bertz CT molecular complexity index is 674. The second-order valence-electron chi connectivity index (χ2n) is 3.71. The van der Waals surface area contributed by atoms with Gasteiger partial charge in [0.05, 0.1) is 20.5 Å². The predicted molar refractivity (Wildman–Crippen MR) is 78.4 cm³/mol. The first kappa shape index (κ1) is 12.6. The minimum Gasteiger partial charge on any atom is -0.375 e. The summed E-state index contributed by atoms with van der Waals surface area (Å²) in [6, 6.07) is 3.92. The number of anilines is 1. The van der Waals surface area contributed by atoms with E-state index in [1.165, 1.54) is 11.3 Å². The minimum atomic E-state index is 0.575. The standard InChI is InChI=1S/C11H10N4OS3/c1-6-10(19-11(12)13-6)18-5-8-14-9(16-15-8)7-3-2-4-17-7/h2-4H,5H2,1H3,(H2,12,13). The number of aryl methyl sites for hydroxylation is 1. The molecule has 2 N–H and O–H groups in total. The Kier molecular flexibility index (Phi) is 3.54. The number of hydrogen-bond donors (Lipinski definition) is 1. The molecule has 0 bridgehead atoms. The minimum absolute atomic E-state index is 0.575. The van der Waals surface area contributed by atoms with Crippen LogP contribution >= 0.6 is 34.4 Å². The fourth-order valence-corrected chi connectivity index (χ4v) is 3.99. The average Bonchev–Trinajstić information content (AvgIpc) is 3.07. The number of hydrogen-bond acceptors (Lipinski definition) is 8. The third-order valence-electron chi connectivity index (χ3n) is 2.30. The maximum absolute atomic E-state index is 5.66. The van der Waals surface area contributed by atoms with Crippen molar-refractivity contribution in [3.63, 3.8) is 0 Å². The monoisotopic (exact) mass is 310 g/mol. The molecule has 19 heavy (non-hydrogen) atoms. The molecular weight excluding hydrogens is 300 g/mol. The number of nitrogens with two attached hydrogens (primary N) is 1. The van der Waals surface area contributed by atoms with Crippen molar-refractivity contribution in [1.29, 1.82) is 0 Å². The van der Waals surface area contributed by atoms with Crippen LogP contribution < -0.4 is 5.73 Å². The third-order valence-corrected chi connectivity index (χ3v) is 5.51. The highest BCUT2D eigenvalue weighted by molar-refractivity contribution is 8.00. The largest absolute Gasteiger partial charge is 0.375 e. The Balaban J connectivity index is 1.69. The lowest BCUT2D eigenvalue weighted by Crippen LogP contribution is -1.83. The smallest absolute Gasteiger partial charge is 0.268 e. The van der Waals surface area contributed by atoms with Crippen LogP contribution in [-0.2, 0) is 5.75 Å². The summed E-state index contributed by atoms with van der Waals surface area (Å²) >= 11 is 4.69. The zero-order chi connectivity index (χ0) is 13.2. The summed E-state index contributed by atoms with van der Waals surface area (Å²) in [5.74, 6) is 1.91.